The summed E-state index contributed by atoms with van der Waals surface area (Å²) < 4.78 is 18.9. The summed E-state index contributed by atoms with van der Waals surface area (Å²) in [5.74, 6) is 0.0401. The van der Waals surface area contributed by atoms with Crippen molar-refractivity contribution in [1.82, 2.24) is 15.5 Å². The lowest BCUT2D eigenvalue weighted by molar-refractivity contribution is 0.0909. The van der Waals surface area contributed by atoms with E-state index in [2.05, 4.69) is 15.5 Å². The fourth-order valence-electron chi connectivity index (χ4n) is 2.80. The minimum absolute atomic E-state index is 0.0633. The van der Waals surface area contributed by atoms with Crippen molar-refractivity contribution in [1.29, 1.82) is 0 Å². The number of amides is 1. The van der Waals surface area contributed by atoms with Gasteiger partial charge in [-0.2, -0.15) is 4.98 Å². The molecule has 1 heterocycles. The maximum atomic E-state index is 13.4. The molecule has 1 amide bonds. The van der Waals surface area contributed by atoms with Crippen LogP contribution in [0.3, 0.4) is 0 Å². The topological polar surface area (TPSA) is 68.0 Å². The Morgan fingerprint density at radius 2 is 2.00 bits per heavy atom. The number of aryl methyl sites for hydroxylation is 1. The molecule has 0 bridgehead atoms. The van der Waals surface area contributed by atoms with Gasteiger partial charge in [0, 0.05) is 11.1 Å². The Bertz CT molecular complexity index is 938. The van der Waals surface area contributed by atoms with Crippen LogP contribution >= 0.6 is 0 Å². The second-order valence-electron chi connectivity index (χ2n) is 6.67. The Labute approximate surface area is 157 Å². The number of hydrogen-bond acceptors (Lipinski definition) is 4. The van der Waals surface area contributed by atoms with E-state index in [-0.39, 0.29) is 17.4 Å². The standard InChI is InChI=1S/C21H22FN3O2/c1-4-14(3)18(23-20(26)16-9-6-10-17(22)12-16)21-24-19(25-27-21)15-8-5-7-13(2)11-15/h5-12,14,18H,4H2,1-3H3,(H,23,26)/t14-,18-/m1/s1. The van der Waals surface area contributed by atoms with Crippen LogP contribution in [0.4, 0.5) is 4.39 Å². The van der Waals surface area contributed by atoms with Crippen LogP contribution in [0.15, 0.2) is 53.1 Å². The van der Waals surface area contributed by atoms with Gasteiger partial charge < -0.3 is 9.84 Å². The van der Waals surface area contributed by atoms with Crippen molar-refractivity contribution in [3.8, 4) is 11.4 Å². The first-order valence-electron chi connectivity index (χ1n) is 8.95. The van der Waals surface area contributed by atoms with E-state index in [0.717, 1.165) is 17.5 Å². The SMILES string of the molecule is CC[C@@H](C)[C@@H](NC(=O)c1cccc(F)c1)c1nc(-c2cccc(C)c2)no1. The summed E-state index contributed by atoms with van der Waals surface area (Å²) in [5.41, 5.74) is 2.20. The predicted molar refractivity (Wildman–Crippen MR) is 101 cm³/mol. The van der Waals surface area contributed by atoms with Crippen LogP contribution in [0.1, 0.15) is 48.1 Å². The molecule has 0 aliphatic carbocycles. The second kappa shape index (κ2) is 8.12. The molecule has 0 saturated carbocycles. The van der Waals surface area contributed by atoms with E-state index >= 15 is 0 Å². The highest BCUT2D eigenvalue weighted by molar-refractivity contribution is 5.94. The molecular formula is C21H22FN3O2. The number of aromatic nitrogens is 2. The quantitative estimate of drug-likeness (QED) is 0.686. The van der Waals surface area contributed by atoms with Crippen molar-refractivity contribution in [2.75, 3.05) is 0 Å². The van der Waals surface area contributed by atoms with Crippen LogP contribution in [-0.2, 0) is 0 Å². The zero-order valence-corrected chi connectivity index (χ0v) is 15.6. The third-order valence-corrected chi connectivity index (χ3v) is 4.57. The summed E-state index contributed by atoms with van der Waals surface area (Å²) in [6.45, 7) is 6.00. The molecule has 5 nitrogen and oxygen atoms in total. The summed E-state index contributed by atoms with van der Waals surface area (Å²) in [6.07, 6.45) is 0.802. The van der Waals surface area contributed by atoms with E-state index in [0.29, 0.717) is 11.7 Å². The second-order valence-corrected chi connectivity index (χ2v) is 6.67. The molecule has 27 heavy (non-hydrogen) atoms. The smallest absolute Gasteiger partial charge is 0.252 e. The number of rotatable bonds is 6. The van der Waals surface area contributed by atoms with E-state index in [4.69, 9.17) is 4.52 Å². The molecule has 2 aromatic carbocycles. The molecule has 3 rings (SSSR count). The average Bonchev–Trinajstić information content (AvgIpc) is 3.15. The maximum Gasteiger partial charge on any atom is 0.252 e. The molecule has 1 aromatic heterocycles. The highest BCUT2D eigenvalue weighted by Crippen LogP contribution is 2.26. The highest BCUT2D eigenvalue weighted by Gasteiger charge is 2.27. The summed E-state index contributed by atoms with van der Waals surface area (Å²) >= 11 is 0. The Morgan fingerprint density at radius 3 is 2.70 bits per heavy atom. The van der Waals surface area contributed by atoms with Crippen LogP contribution < -0.4 is 5.32 Å². The minimum Gasteiger partial charge on any atom is -0.340 e. The molecule has 3 aromatic rings. The predicted octanol–water partition coefficient (Wildman–Crippen LogP) is 4.70. The normalized spacial score (nSPS) is 13.2. The number of carbonyl (C=O) groups is 1. The third-order valence-electron chi connectivity index (χ3n) is 4.57. The van der Waals surface area contributed by atoms with Crippen LogP contribution in [0.25, 0.3) is 11.4 Å². The molecule has 0 aliphatic heterocycles. The van der Waals surface area contributed by atoms with Gasteiger partial charge in [-0.15, -0.1) is 0 Å². The van der Waals surface area contributed by atoms with Crippen molar-refractivity contribution in [2.24, 2.45) is 5.92 Å². The number of nitrogens with zero attached hydrogens (tertiary/aromatic N) is 2. The van der Waals surface area contributed by atoms with Crippen LogP contribution in [-0.4, -0.2) is 16.0 Å². The first kappa shape index (κ1) is 18.8. The van der Waals surface area contributed by atoms with Gasteiger partial charge >= 0.3 is 0 Å². The number of halogens is 1. The fraction of sp³-hybridized carbons (Fsp3) is 0.286. The Morgan fingerprint density at radius 1 is 1.22 bits per heavy atom. The number of benzene rings is 2. The van der Waals surface area contributed by atoms with Gasteiger partial charge in [-0.3, -0.25) is 4.79 Å². The van der Waals surface area contributed by atoms with Gasteiger partial charge in [0.25, 0.3) is 5.91 Å². The molecule has 140 valence electrons. The van der Waals surface area contributed by atoms with Crippen molar-refractivity contribution in [3.63, 3.8) is 0 Å². The molecule has 2 atom stereocenters. The monoisotopic (exact) mass is 367 g/mol. The lowest BCUT2D eigenvalue weighted by Gasteiger charge is -2.20. The number of nitrogens with one attached hydrogen (secondary N) is 1. The van der Waals surface area contributed by atoms with E-state index in [1.807, 2.05) is 45.0 Å². The minimum atomic E-state index is -0.461. The molecule has 0 spiro atoms. The molecule has 0 fully saturated rings. The van der Waals surface area contributed by atoms with Gasteiger partial charge in [0.05, 0.1) is 0 Å². The number of hydrogen-bond donors (Lipinski definition) is 1. The van der Waals surface area contributed by atoms with Crippen molar-refractivity contribution < 1.29 is 13.7 Å². The average molecular weight is 367 g/mol. The largest absolute Gasteiger partial charge is 0.340 e. The first-order valence-corrected chi connectivity index (χ1v) is 8.95. The highest BCUT2D eigenvalue weighted by atomic mass is 19.1. The van der Waals surface area contributed by atoms with Crippen molar-refractivity contribution in [3.05, 3.63) is 71.4 Å². The third kappa shape index (κ3) is 4.39. The zero-order valence-electron chi connectivity index (χ0n) is 15.6. The molecule has 0 aliphatic rings. The molecule has 0 saturated heterocycles. The van der Waals surface area contributed by atoms with Crippen LogP contribution in [0.2, 0.25) is 0 Å². The van der Waals surface area contributed by atoms with E-state index in [1.165, 1.54) is 18.2 Å². The van der Waals surface area contributed by atoms with Gasteiger partial charge in [-0.25, -0.2) is 4.39 Å². The summed E-state index contributed by atoms with van der Waals surface area (Å²) in [4.78, 5) is 17.0. The van der Waals surface area contributed by atoms with Gasteiger partial charge in [0.1, 0.15) is 11.9 Å². The molecule has 6 heteroatoms. The van der Waals surface area contributed by atoms with E-state index < -0.39 is 11.9 Å². The van der Waals surface area contributed by atoms with Crippen molar-refractivity contribution in [2.45, 2.75) is 33.2 Å². The number of carbonyl (C=O) groups excluding carboxylic acids is 1. The summed E-state index contributed by atoms with van der Waals surface area (Å²) in [5, 5.41) is 6.96. The molecular weight excluding hydrogens is 345 g/mol. The van der Waals surface area contributed by atoms with Gasteiger partial charge in [-0.1, -0.05) is 55.3 Å². The van der Waals surface area contributed by atoms with E-state index in [1.54, 1.807) is 6.07 Å². The van der Waals surface area contributed by atoms with E-state index in [9.17, 15) is 9.18 Å². The summed E-state index contributed by atoms with van der Waals surface area (Å²) in [7, 11) is 0. The Kier molecular flexibility index (Phi) is 5.64. The Balaban J connectivity index is 1.86. The Hall–Kier alpha value is -3.02. The van der Waals surface area contributed by atoms with Crippen LogP contribution in [0.5, 0.6) is 0 Å². The van der Waals surface area contributed by atoms with Crippen LogP contribution in [0, 0.1) is 18.7 Å². The lowest BCUT2D eigenvalue weighted by atomic mass is 9.98. The molecule has 0 unspecified atom stereocenters. The van der Waals surface area contributed by atoms with Gasteiger partial charge in [0.2, 0.25) is 11.7 Å². The van der Waals surface area contributed by atoms with Gasteiger partial charge in [-0.05, 0) is 37.1 Å². The maximum absolute atomic E-state index is 13.4. The summed E-state index contributed by atoms with van der Waals surface area (Å²) in [6, 6.07) is 12.9. The molecule has 0 radical (unpaired) electrons. The first-order chi connectivity index (χ1) is 13.0. The van der Waals surface area contributed by atoms with Crippen molar-refractivity contribution >= 4 is 5.91 Å². The zero-order chi connectivity index (χ0) is 19.4. The van der Waals surface area contributed by atoms with Gasteiger partial charge in [0.15, 0.2) is 0 Å². The fourth-order valence-corrected chi connectivity index (χ4v) is 2.80. The lowest BCUT2D eigenvalue weighted by Crippen LogP contribution is -2.32. The molecule has 1 N–H and O–H groups in total.